The van der Waals surface area contributed by atoms with Crippen LogP contribution in [0.2, 0.25) is 0 Å². The van der Waals surface area contributed by atoms with E-state index >= 15 is 0 Å². The first-order valence-corrected chi connectivity index (χ1v) is 23.3. The molecular formula is C50H42F8N2O7S2. The number of phenolic OH excluding ortho intramolecular Hbond substituents is 1. The molecule has 0 aliphatic carbocycles. The van der Waals surface area contributed by atoms with Crippen LogP contribution in [-0.2, 0) is 52.1 Å². The van der Waals surface area contributed by atoms with Gasteiger partial charge in [0.15, 0.2) is 0 Å². The molecule has 69 heavy (non-hydrogen) atoms. The van der Waals surface area contributed by atoms with Gasteiger partial charge in [-0.15, -0.1) is 0 Å². The molecule has 0 amide bonds. The van der Waals surface area contributed by atoms with Crippen LogP contribution in [0, 0.1) is 11.6 Å². The van der Waals surface area contributed by atoms with Crippen molar-refractivity contribution >= 4 is 20.0 Å². The van der Waals surface area contributed by atoms with E-state index in [2.05, 4.69) is 0 Å². The number of rotatable bonds is 14. The second kappa shape index (κ2) is 21.2. The van der Waals surface area contributed by atoms with Gasteiger partial charge in [0.1, 0.15) is 35.5 Å². The molecule has 0 aliphatic rings. The number of hydrogen-bond acceptors (Lipinski definition) is 7. The van der Waals surface area contributed by atoms with Gasteiger partial charge < -0.3 is 14.6 Å². The van der Waals surface area contributed by atoms with E-state index in [0.29, 0.717) is 28.2 Å². The molecule has 0 radical (unpaired) electrons. The minimum Gasteiger partial charge on any atom is -0.507 e. The van der Waals surface area contributed by atoms with Gasteiger partial charge in [-0.3, -0.25) is 0 Å². The summed E-state index contributed by atoms with van der Waals surface area (Å²) in [6, 6.07) is 34.4. The Kier molecular flexibility index (Phi) is 15.9. The summed E-state index contributed by atoms with van der Waals surface area (Å²) in [5, 5.41) is 10.1. The first-order chi connectivity index (χ1) is 32.4. The second-order valence-corrected chi connectivity index (χ2v) is 19.5. The quantitative estimate of drug-likeness (QED) is 0.108. The van der Waals surface area contributed by atoms with Gasteiger partial charge in [-0.2, -0.15) is 35.0 Å². The van der Waals surface area contributed by atoms with Crippen LogP contribution >= 0.6 is 0 Å². The van der Waals surface area contributed by atoms with Crippen molar-refractivity contribution in [1.29, 1.82) is 0 Å². The molecule has 0 atom stereocenters. The molecule has 0 fully saturated rings. The lowest BCUT2D eigenvalue weighted by molar-refractivity contribution is -0.138. The fraction of sp³-hybridized carbons (Fsp3) is 0.160. The first-order valence-electron chi connectivity index (χ1n) is 20.5. The van der Waals surface area contributed by atoms with E-state index < -0.39 is 55.2 Å². The number of aromatic hydroxyl groups is 1. The van der Waals surface area contributed by atoms with Gasteiger partial charge in [0.2, 0.25) is 20.0 Å². The second-order valence-electron chi connectivity index (χ2n) is 15.4. The summed E-state index contributed by atoms with van der Waals surface area (Å²) >= 11 is 0. The Balaban J connectivity index is 0.000000235. The minimum atomic E-state index is -4.54. The zero-order valence-electron chi connectivity index (χ0n) is 36.8. The van der Waals surface area contributed by atoms with E-state index in [4.69, 9.17) is 9.47 Å². The lowest BCUT2D eigenvalue weighted by Crippen LogP contribution is -2.26. The minimum absolute atomic E-state index is 0.0789. The van der Waals surface area contributed by atoms with E-state index in [1.165, 1.54) is 68.7 Å². The van der Waals surface area contributed by atoms with Crippen LogP contribution < -0.4 is 9.47 Å². The third kappa shape index (κ3) is 13.1. The molecule has 7 aromatic rings. The number of nitrogens with zero attached hydrogens (tertiary/aromatic N) is 2. The van der Waals surface area contributed by atoms with E-state index in [1.54, 1.807) is 37.4 Å². The number of hydrogen-bond donors (Lipinski definition) is 1. The van der Waals surface area contributed by atoms with Gasteiger partial charge in [0.05, 0.1) is 28.0 Å². The third-order valence-electron chi connectivity index (χ3n) is 10.5. The summed E-state index contributed by atoms with van der Waals surface area (Å²) in [7, 11) is -3.60. The Morgan fingerprint density at radius 1 is 0.522 bits per heavy atom. The molecule has 0 spiro atoms. The summed E-state index contributed by atoms with van der Waals surface area (Å²) in [5.74, 6) is -0.360. The fourth-order valence-electron chi connectivity index (χ4n) is 6.81. The maximum absolute atomic E-state index is 13.4. The van der Waals surface area contributed by atoms with Gasteiger partial charge >= 0.3 is 12.4 Å². The molecule has 9 nitrogen and oxygen atoms in total. The van der Waals surface area contributed by atoms with Crippen molar-refractivity contribution in [2.24, 2.45) is 0 Å². The number of phenols is 1. The highest BCUT2D eigenvalue weighted by atomic mass is 32.2. The summed E-state index contributed by atoms with van der Waals surface area (Å²) in [6.45, 7) is -0.0372. The zero-order valence-corrected chi connectivity index (χ0v) is 38.4. The number of alkyl halides is 6. The molecule has 0 saturated carbocycles. The van der Waals surface area contributed by atoms with Gasteiger partial charge in [-0.05, 0) is 137 Å². The van der Waals surface area contributed by atoms with E-state index in [1.807, 2.05) is 12.1 Å². The molecule has 7 rings (SSSR count). The lowest BCUT2D eigenvalue weighted by Gasteiger charge is -2.19. The smallest absolute Gasteiger partial charge is 0.416 e. The van der Waals surface area contributed by atoms with E-state index in [9.17, 15) is 57.1 Å². The normalized spacial score (nSPS) is 12.1. The van der Waals surface area contributed by atoms with Crippen LogP contribution in [0.15, 0.2) is 168 Å². The predicted molar refractivity (Wildman–Crippen MR) is 243 cm³/mol. The molecule has 0 aliphatic heterocycles. The van der Waals surface area contributed by atoms with Crippen LogP contribution in [0.4, 0.5) is 35.1 Å². The highest BCUT2D eigenvalue weighted by Gasteiger charge is 2.32. The largest absolute Gasteiger partial charge is 0.507 e. The average molecular weight is 999 g/mol. The SMILES string of the molecule is CN(Cc1ccc(O)c(-c2cccc(C(F)(F)F)c2)c1)S(=O)(=O)c1ccc(F)cc1.COc1ccc(COc2ccc(CN(C)S(=O)(=O)c3ccc(F)cc3)cc2-c2cccc(C(F)(F)F)c2)cc1. The maximum Gasteiger partial charge on any atom is 0.416 e. The van der Waals surface area contributed by atoms with Gasteiger partial charge in [0.25, 0.3) is 0 Å². The molecule has 0 unspecified atom stereocenters. The summed E-state index contributed by atoms with van der Waals surface area (Å²) in [6.07, 6.45) is -9.08. The van der Waals surface area contributed by atoms with Crippen molar-refractivity contribution in [2.45, 2.75) is 41.8 Å². The van der Waals surface area contributed by atoms with Crippen molar-refractivity contribution in [3.05, 3.63) is 197 Å². The first kappa shape index (κ1) is 51.6. The van der Waals surface area contributed by atoms with Gasteiger partial charge in [-0.25, -0.2) is 25.6 Å². The molecule has 0 bridgehead atoms. The average Bonchev–Trinajstić information content (AvgIpc) is 3.32. The lowest BCUT2D eigenvalue weighted by atomic mass is 9.99. The summed E-state index contributed by atoms with van der Waals surface area (Å²) in [5.41, 5.74) is 1.05. The summed E-state index contributed by atoms with van der Waals surface area (Å²) < 4.78 is 170. The van der Waals surface area contributed by atoms with Crippen molar-refractivity contribution in [2.75, 3.05) is 21.2 Å². The highest BCUT2D eigenvalue weighted by Crippen LogP contribution is 2.38. The third-order valence-corrected chi connectivity index (χ3v) is 14.1. The molecule has 0 saturated heterocycles. The summed E-state index contributed by atoms with van der Waals surface area (Å²) in [4.78, 5) is -0.174. The Bertz CT molecular complexity index is 3120. The maximum atomic E-state index is 13.4. The molecule has 1 N–H and O–H groups in total. The van der Waals surface area contributed by atoms with Crippen molar-refractivity contribution < 1.29 is 66.5 Å². The van der Waals surface area contributed by atoms with Gasteiger partial charge in [-0.1, -0.05) is 48.5 Å². The topological polar surface area (TPSA) is 113 Å². The zero-order chi connectivity index (χ0) is 50.3. The van der Waals surface area contributed by atoms with Crippen LogP contribution in [-0.4, -0.2) is 51.8 Å². The Morgan fingerprint density at radius 3 is 1.39 bits per heavy atom. The predicted octanol–water partition coefficient (Wildman–Crippen LogP) is 12.0. The molecule has 0 aromatic heterocycles. The van der Waals surface area contributed by atoms with Crippen molar-refractivity contribution in [3.63, 3.8) is 0 Å². The Labute approximate surface area is 393 Å². The van der Waals surface area contributed by atoms with Crippen molar-refractivity contribution in [3.8, 4) is 39.5 Å². The molecule has 362 valence electrons. The fourth-order valence-corrected chi connectivity index (χ4v) is 9.12. The molecule has 0 heterocycles. The monoisotopic (exact) mass is 998 g/mol. The molecule has 7 aromatic carbocycles. The number of sulfonamides is 2. The molecular weight excluding hydrogens is 957 g/mol. The highest BCUT2D eigenvalue weighted by molar-refractivity contribution is 7.89. The Morgan fingerprint density at radius 2 is 0.942 bits per heavy atom. The van der Waals surface area contributed by atoms with Crippen LogP contribution in [0.25, 0.3) is 22.3 Å². The molecule has 19 heteroatoms. The number of halogens is 8. The van der Waals surface area contributed by atoms with Crippen LogP contribution in [0.1, 0.15) is 27.8 Å². The van der Waals surface area contributed by atoms with Crippen LogP contribution in [0.3, 0.4) is 0 Å². The standard InChI is InChI=1S/C29H25F4NO4S.C21H17F4NO3S/c1-34(39(35,36)26-13-9-24(30)10-14-26)18-21-8-15-28(38-19-20-6-11-25(37-2)12-7-20)27(16-21)22-4-3-5-23(17-22)29(31,32)33;1-26(30(28,29)18-8-6-17(22)7-9-18)13-14-5-10-20(27)19(11-14)15-3-2-4-16(12-15)21(23,24)25/h3-17H,18-19H2,1-2H3;2-12,27H,13H2,1H3. The van der Waals surface area contributed by atoms with Gasteiger partial charge in [0, 0.05) is 38.3 Å². The van der Waals surface area contributed by atoms with Crippen LogP contribution in [0.5, 0.6) is 17.2 Å². The number of ether oxygens (including phenoxy) is 2. The van der Waals surface area contributed by atoms with E-state index in [0.717, 1.165) is 74.8 Å². The number of methoxy groups -OCH3 is 1. The Hall–Kier alpha value is -6.80. The van der Waals surface area contributed by atoms with Crippen molar-refractivity contribution in [1.82, 2.24) is 8.61 Å². The number of benzene rings is 7. The van der Waals surface area contributed by atoms with E-state index in [-0.39, 0.29) is 51.9 Å².